The molecule has 0 radical (unpaired) electrons. The molecule has 2 rings (SSSR count). The molecule has 8 heteroatoms. The van der Waals surface area contributed by atoms with Gasteiger partial charge in [0, 0.05) is 12.2 Å². The van der Waals surface area contributed by atoms with E-state index in [0.29, 0.717) is 17.6 Å². The first-order valence-electron chi connectivity index (χ1n) is 7.65. The predicted octanol–water partition coefficient (Wildman–Crippen LogP) is 2.15. The Bertz CT molecular complexity index is 700. The molecule has 24 heavy (non-hydrogen) atoms. The van der Waals surface area contributed by atoms with Crippen molar-refractivity contribution < 1.29 is 9.59 Å². The smallest absolute Gasteiger partial charge is 0.321 e. The highest BCUT2D eigenvalue weighted by Gasteiger charge is 2.14. The van der Waals surface area contributed by atoms with E-state index >= 15 is 0 Å². The normalized spacial score (nSPS) is 10.7. The second-order valence-electron chi connectivity index (χ2n) is 5.64. The van der Waals surface area contributed by atoms with Crippen molar-refractivity contribution in [1.82, 2.24) is 25.4 Å². The van der Waals surface area contributed by atoms with E-state index in [1.165, 1.54) is 11.8 Å². The predicted molar refractivity (Wildman–Crippen MR) is 93.2 cm³/mol. The summed E-state index contributed by atoms with van der Waals surface area (Å²) in [5.41, 5.74) is 0.928. The van der Waals surface area contributed by atoms with E-state index < -0.39 is 6.03 Å². The maximum Gasteiger partial charge on any atom is 0.321 e. The van der Waals surface area contributed by atoms with Gasteiger partial charge in [-0.05, 0) is 25.0 Å². The van der Waals surface area contributed by atoms with Crippen LogP contribution in [-0.2, 0) is 4.79 Å². The van der Waals surface area contributed by atoms with Crippen molar-refractivity contribution in [3.63, 3.8) is 0 Å². The summed E-state index contributed by atoms with van der Waals surface area (Å²) in [6.07, 6.45) is 0. The zero-order valence-electron chi connectivity index (χ0n) is 13.9. The van der Waals surface area contributed by atoms with Crippen LogP contribution in [0.25, 0.3) is 5.69 Å². The van der Waals surface area contributed by atoms with Crippen molar-refractivity contribution in [2.24, 2.45) is 5.92 Å². The number of aryl methyl sites for hydroxylation is 1. The van der Waals surface area contributed by atoms with E-state index in [9.17, 15) is 9.59 Å². The first-order valence-corrected chi connectivity index (χ1v) is 8.64. The van der Waals surface area contributed by atoms with Crippen molar-refractivity contribution in [2.75, 3.05) is 12.3 Å². The van der Waals surface area contributed by atoms with Gasteiger partial charge in [0.25, 0.3) is 0 Å². The number of thioether (sulfide) groups is 1. The SMILES string of the molecule is Cc1nnc(SCC(=O)NC(=O)NCC(C)C)n1-c1ccccc1. The van der Waals surface area contributed by atoms with E-state index in [0.717, 1.165) is 11.5 Å². The van der Waals surface area contributed by atoms with Gasteiger partial charge in [0.05, 0.1) is 5.75 Å². The number of nitrogens with one attached hydrogen (secondary N) is 2. The van der Waals surface area contributed by atoms with Crippen LogP contribution in [0.4, 0.5) is 4.79 Å². The van der Waals surface area contributed by atoms with Crippen LogP contribution in [0, 0.1) is 12.8 Å². The molecule has 3 amide bonds. The Morgan fingerprint density at radius 2 is 1.92 bits per heavy atom. The second-order valence-corrected chi connectivity index (χ2v) is 6.58. The summed E-state index contributed by atoms with van der Waals surface area (Å²) in [4.78, 5) is 23.5. The zero-order valence-corrected chi connectivity index (χ0v) is 14.8. The quantitative estimate of drug-likeness (QED) is 0.782. The summed E-state index contributed by atoms with van der Waals surface area (Å²) in [5, 5.41) is 13.7. The average molecular weight is 347 g/mol. The lowest BCUT2D eigenvalue weighted by atomic mass is 10.2. The van der Waals surface area contributed by atoms with Gasteiger partial charge in [-0.25, -0.2) is 4.79 Å². The molecule has 0 fully saturated rings. The van der Waals surface area contributed by atoms with Gasteiger partial charge in [-0.1, -0.05) is 43.8 Å². The Morgan fingerprint density at radius 3 is 2.58 bits per heavy atom. The third kappa shape index (κ3) is 5.09. The van der Waals surface area contributed by atoms with Crippen molar-refractivity contribution in [2.45, 2.75) is 25.9 Å². The average Bonchev–Trinajstić information content (AvgIpc) is 2.92. The Labute approximate surface area is 145 Å². The molecule has 0 aliphatic heterocycles. The molecule has 1 aromatic heterocycles. The number of carbonyl (C=O) groups is 2. The molecule has 0 spiro atoms. The molecule has 2 N–H and O–H groups in total. The molecule has 1 aromatic carbocycles. The highest BCUT2D eigenvalue weighted by Crippen LogP contribution is 2.21. The summed E-state index contributed by atoms with van der Waals surface area (Å²) >= 11 is 1.23. The minimum absolute atomic E-state index is 0.0834. The lowest BCUT2D eigenvalue weighted by Gasteiger charge is -2.09. The van der Waals surface area contributed by atoms with Gasteiger partial charge in [-0.15, -0.1) is 10.2 Å². The number of hydrogen-bond acceptors (Lipinski definition) is 5. The first-order chi connectivity index (χ1) is 11.5. The number of amides is 3. The maximum atomic E-state index is 11.9. The Morgan fingerprint density at radius 1 is 1.21 bits per heavy atom. The molecule has 0 bridgehead atoms. The number of aromatic nitrogens is 3. The standard InChI is InChI=1S/C16H21N5O2S/c1-11(2)9-17-15(23)18-14(22)10-24-16-20-19-12(3)21(16)13-7-5-4-6-8-13/h4-8,11H,9-10H2,1-3H3,(H2,17,18,22,23). The second kappa shape index (κ2) is 8.49. The van der Waals surface area contributed by atoms with Crippen LogP contribution in [0.5, 0.6) is 0 Å². The van der Waals surface area contributed by atoms with Gasteiger partial charge < -0.3 is 5.32 Å². The fraction of sp³-hybridized carbons (Fsp3) is 0.375. The summed E-state index contributed by atoms with van der Waals surface area (Å²) in [6, 6.07) is 9.19. The molecule has 0 saturated carbocycles. The maximum absolute atomic E-state index is 11.9. The van der Waals surface area contributed by atoms with Crippen LogP contribution in [0.2, 0.25) is 0 Å². The van der Waals surface area contributed by atoms with Gasteiger partial charge in [0.1, 0.15) is 5.82 Å². The molecule has 7 nitrogen and oxygen atoms in total. The van der Waals surface area contributed by atoms with Crippen LogP contribution in [0.3, 0.4) is 0 Å². The number of para-hydroxylation sites is 1. The van der Waals surface area contributed by atoms with Crippen LogP contribution in [0.15, 0.2) is 35.5 Å². The minimum atomic E-state index is -0.477. The van der Waals surface area contributed by atoms with Crippen LogP contribution in [-0.4, -0.2) is 39.0 Å². The third-order valence-electron chi connectivity index (χ3n) is 3.07. The lowest BCUT2D eigenvalue weighted by molar-refractivity contribution is -0.117. The van der Waals surface area contributed by atoms with E-state index in [1.54, 1.807) is 0 Å². The van der Waals surface area contributed by atoms with E-state index in [1.807, 2.05) is 55.7 Å². The molecule has 0 saturated heterocycles. The third-order valence-corrected chi connectivity index (χ3v) is 3.99. The van der Waals surface area contributed by atoms with Crippen molar-refractivity contribution in [3.8, 4) is 5.69 Å². The fourth-order valence-corrected chi connectivity index (χ4v) is 2.74. The summed E-state index contributed by atoms with van der Waals surface area (Å²) in [5.74, 6) is 0.771. The highest BCUT2D eigenvalue weighted by atomic mass is 32.2. The Kier molecular flexibility index (Phi) is 6.36. The summed E-state index contributed by atoms with van der Waals surface area (Å²) in [6.45, 7) is 6.34. The van der Waals surface area contributed by atoms with Crippen molar-refractivity contribution in [3.05, 3.63) is 36.2 Å². The number of rotatable bonds is 6. The number of nitrogens with zero attached hydrogens (tertiary/aromatic N) is 3. The van der Waals surface area contributed by atoms with E-state index in [4.69, 9.17) is 0 Å². The topological polar surface area (TPSA) is 88.9 Å². The zero-order chi connectivity index (χ0) is 17.5. The van der Waals surface area contributed by atoms with Gasteiger partial charge >= 0.3 is 6.03 Å². The van der Waals surface area contributed by atoms with E-state index in [2.05, 4.69) is 20.8 Å². The van der Waals surface area contributed by atoms with Gasteiger partial charge in [-0.3, -0.25) is 14.7 Å². The highest BCUT2D eigenvalue weighted by molar-refractivity contribution is 7.99. The molecular formula is C16H21N5O2S. The largest absolute Gasteiger partial charge is 0.338 e. The number of hydrogen-bond donors (Lipinski definition) is 2. The van der Waals surface area contributed by atoms with Gasteiger partial charge in [0.2, 0.25) is 5.91 Å². The Balaban J connectivity index is 1.93. The fourth-order valence-electron chi connectivity index (χ4n) is 1.94. The summed E-state index contributed by atoms with van der Waals surface area (Å²) < 4.78 is 1.87. The van der Waals surface area contributed by atoms with Crippen molar-refractivity contribution in [1.29, 1.82) is 0 Å². The summed E-state index contributed by atoms with van der Waals surface area (Å²) in [7, 11) is 0. The molecule has 0 aliphatic carbocycles. The molecule has 2 aromatic rings. The number of carbonyl (C=O) groups excluding carboxylic acids is 2. The Hall–Kier alpha value is -2.35. The molecular weight excluding hydrogens is 326 g/mol. The molecule has 1 heterocycles. The number of imide groups is 1. The van der Waals surface area contributed by atoms with Crippen LogP contribution in [0.1, 0.15) is 19.7 Å². The van der Waals surface area contributed by atoms with Gasteiger partial charge in [0.15, 0.2) is 5.16 Å². The molecule has 128 valence electrons. The molecule has 0 atom stereocenters. The lowest BCUT2D eigenvalue weighted by Crippen LogP contribution is -2.41. The number of urea groups is 1. The van der Waals surface area contributed by atoms with Gasteiger partial charge in [-0.2, -0.15) is 0 Å². The minimum Gasteiger partial charge on any atom is -0.338 e. The van der Waals surface area contributed by atoms with E-state index in [-0.39, 0.29) is 11.7 Å². The monoisotopic (exact) mass is 347 g/mol. The molecule has 0 unspecified atom stereocenters. The molecule has 0 aliphatic rings. The van der Waals surface area contributed by atoms with Crippen molar-refractivity contribution >= 4 is 23.7 Å². The first kappa shape index (κ1) is 18.0. The van der Waals surface area contributed by atoms with Crippen LogP contribution < -0.4 is 10.6 Å². The van der Waals surface area contributed by atoms with Crippen LogP contribution >= 0.6 is 11.8 Å². The number of benzene rings is 1.